The van der Waals surface area contributed by atoms with Crippen LogP contribution >= 0.6 is 0 Å². The highest BCUT2D eigenvalue weighted by molar-refractivity contribution is 5.95. The predicted octanol–water partition coefficient (Wildman–Crippen LogP) is 4.50. The maximum absolute atomic E-state index is 13.0. The molecule has 2 rings (SSSR count). The number of halogens is 3. The fourth-order valence-electron chi connectivity index (χ4n) is 2.14. The van der Waals surface area contributed by atoms with Gasteiger partial charge in [-0.15, -0.1) is 0 Å². The minimum absolute atomic E-state index is 0.0354. The number of carbonyl (C=O) groups excluding carboxylic acids is 1. The van der Waals surface area contributed by atoms with Crippen LogP contribution < -0.4 is 9.47 Å². The second-order valence-electron chi connectivity index (χ2n) is 4.86. The summed E-state index contributed by atoms with van der Waals surface area (Å²) in [5.41, 5.74) is -0.663. The number of methoxy groups -OCH3 is 1. The maximum Gasteiger partial charge on any atom is 0.417 e. The van der Waals surface area contributed by atoms with Gasteiger partial charge in [0.05, 0.1) is 12.7 Å². The van der Waals surface area contributed by atoms with Crippen molar-refractivity contribution in [3.05, 3.63) is 59.2 Å². The fraction of sp³-hybridized carbons (Fsp3) is 0.235. The molecule has 0 spiro atoms. The minimum Gasteiger partial charge on any atom is -0.496 e. The Morgan fingerprint density at radius 1 is 1.13 bits per heavy atom. The molecule has 122 valence electrons. The van der Waals surface area contributed by atoms with E-state index in [2.05, 4.69) is 0 Å². The summed E-state index contributed by atoms with van der Waals surface area (Å²) in [6.07, 6.45) is -4.62. The molecule has 0 saturated heterocycles. The monoisotopic (exact) mass is 324 g/mol. The number of carbonyl (C=O) groups is 1. The number of hydrogen-bond acceptors (Lipinski definition) is 3. The van der Waals surface area contributed by atoms with E-state index in [1.807, 2.05) is 0 Å². The summed E-state index contributed by atoms with van der Waals surface area (Å²) in [5, 5.41) is 0. The first-order valence-electron chi connectivity index (χ1n) is 6.80. The molecule has 6 heteroatoms. The lowest BCUT2D eigenvalue weighted by atomic mass is 10.0. The number of alkyl halides is 3. The van der Waals surface area contributed by atoms with E-state index in [1.165, 1.54) is 13.2 Å². The van der Waals surface area contributed by atoms with Gasteiger partial charge in [-0.3, -0.25) is 4.79 Å². The molecule has 0 saturated carbocycles. The van der Waals surface area contributed by atoms with Gasteiger partial charge in [0.15, 0.2) is 5.78 Å². The van der Waals surface area contributed by atoms with Gasteiger partial charge in [-0.1, -0.05) is 18.2 Å². The van der Waals surface area contributed by atoms with Crippen molar-refractivity contribution in [2.75, 3.05) is 7.11 Å². The molecule has 23 heavy (non-hydrogen) atoms. The van der Waals surface area contributed by atoms with Crippen LogP contribution in [-0.4, -0.2) is 12.9 Å². The molecule has 3 nitrogen and oxygen atoms in total. The van der Waals surface area contributed by atoms with Crippen molar-refractivity contribution in [1.29, 1.82) is 0 Å². The summed E-state index contributed by atoms with van der Waals surface area (Å²) < 4.78 is 49.7. The van der Waals surface area contributed by atoms with E-state index in [4.69, 9.17) is 9.47 Å². The molecule has 0 heterocycles. The lowest BCUT2D eigenvalue weighted by Gasteiger charge is -2.14. The highest BCUT2D eigenvalue weighted by Crippen LogP contribution is 2.35. The summed E-state index contributed by atoms with van der Waals surface area (Å²) in [6, 6.07) is 10.4. The summed E-state index contributed by atoms with van der Waals surface area (Å²) in [6.45, 7) is 1.15. The zero-order chi connectivity index (χ0) is 17.0. The molecular formula is C17H15F3O3. The lowest BCUT2D eigenvalue weighted by molar-refractivity contribution is -0.138. The highest BCUT2D eigenvalue weighted by atomic mass is 19.4. The average molecular weight is 324 g/mol. The number of rotatable bonds is 5. The van der Waals surface area contributed by atoms with Crippen molar-refractivity contribution >= 4 is 5.78 Å². The van der Waals surface area contributed by atoms with Crippen molar-refractivity contribution in [3.63, 3.8) is 0 Å². The minimum atomic E-state index is -4.62. The molecular weight excluding hydrogens is 309 g/mol. The smallest absolute Gasteiger partial charge is 0.417 e. The first-order valence-corrected chi connectivity index (χ1v) is 6.80. The molecule has 0 aromatic heterocycles. The standard InChI is InChI=1S/C17H15F3O3/c1-11(21)14-8-7-13(9-15(14)17(18,19)20)23-10-12-5-3-4-6-16(12)22-2/h3-9H,10H2,1-2H3. The van der Waals surface area contributed by atoms with E-state index in [-0.39, 0.29) is 17.9 Å². The van der Waals surface area contributed by atoms with E-state index in [1.54, 1.807) is 24.3 Å². The van der Waals surface area contributed by atoms with Crippen LogP contribution in [0, 0.1) is 0 Å². The second kappa shape index (κ2) is 6.73. The van der Waals surface area contributed by atoms with Crippen LogP contribution in [0.3, 0.4) is 0 Å². The van der Waals surface area contributed by atoms with Crippen LogP contribution in [0.1, 0.15) is 28.4 Å². The van der Waals surface area contributed by atoms with Crippen LogP contribution in [0.15, 0.2) is 42.5 Å². The Balaban J connectivity index is 2.26. The molecule has 0 atom stereocenters. The van der Waals surface area contributed by atoms with E-state index in [9.17, 15) is 18.0 Å². The maximum atomic E-state index is 13.0. The Kier molecular flexibility index (Phi) is 4.93. The van der Waals surface area contributed by atoms with Gasteiger partial charge in [-0.2, -0.15) is 13.2 Å². The molecule has 0 bridgehead atoms. The molecule has 2 aromatic rings. The molecule has 0 unspecified atom stereocenters. The Morgan fingerprint density at radius 2 is 1.83 bits per heavy atom. The lowest BCUT2D eigenvalue weighted by Crippen LogP contribution is -2.12. The largest absolute Gasteiger partial charge is 0.496 e. The van der Waals surface area contributed by atoms with Crippen molar-refractivity contribution in [2.45, 2.75) is 19.7 Å². The molecule has 0 aliphatic heterocycles. The Morgan fingerprint density at radius 3 is 2.43 bits per heavy atom. The van der Waals surface area contributed by atoms with Crippen molar-refractivity contribution in [1.82, 2.24) is 0 Å². The Bertz CT molecular complexity index is 708. The number of benzene rings is 2. The number of para-hydroxylation sites is 1. The molecule has 0 N–H and O–H groups in total. The van der Waals surface area contributed by atoms with Crippen LogP contribution in [0.25, 0.3) is 0 Å². The SMILES string of the molecule is COc1ccccc1COc1ccc(C(C)=O)c(C(F)(F)F)c1. The van der Waals surface area contributed by atoms with Gasteiger partial charge < -0.3 is 9.47 Å². The second-order valence-corrected chi connectivity index (χ2v) is 4.86. The molecule has 2 aromatic carbocycles. The van der Waals surface area contributed by atoms with Gasteiger partial charge >= 0.3 is 6.18 Å². The van der Waals surface area contributed by atoms with Crippen LogP contribution in [0.2, 0.25) is 0 Å². The third-order valence-corrected chi connectivity index (χ3v) is 3.26. The van der Waals surface area contributed by atoms with Gasteiger partial charge in [0.2, 0.25) is 0 Å². The van der Waals surface area contributed by atoms with Crippen LogP contribution in [0.5, 0.6) is 11.5 Å². The summed E-state index contributed by atoms with van der Waals surface area (Å²) in [4.78, 5) is 11.3. The third-order valence-electron chi connectivity index (χ3n) is 3.26. The van der Waals surface area contributed by atoms with Gasteiger partial charge in [-0.25, -0.2) is 0 Å². The summed E-state index contributed by atoms with van der Waals surface area (Å²) >= 11 is 0. The van der Waals surface area contributed by atoms with E-state index in [0.29, 0.717) is 11.3 Å². The Labute approximate surface area is 131 Å². The van der Waals surface area contributed by atoms with Gasteiger partial charge in [0.25, 0.3) is 0 Å². The van der Waals surface area contributed by atoms with Gasteiger partial charge in [0.1, 0.15) is 18.1 Å². The third kappa shape index (κ3) is 4.03. The number of Topliss-reactive ketones (excluding diaryl/α,β-unsaturated/α-hetero) is 1. The van der Waals surface area contributed by atoms with E-state index in [0.717, 1.165) is 19.1 Å². The molecule has 0 radical (unpaired) electrons. The van der Waals surface area contributed by atoms with Crippen LogP contribution in [-0.2, 0) is 12.8 Å². The molecule has 0 aliphatic carbocycles. The summed E-state index contributed by atoms with van der Waals surface area (Å²) in [5.74, 6) is -0.0225. The fourth-order valence-corrected chi connectivity index (χ4v) is 2.14. The molecule has 0 fully saturated rings. The highest BCUT2D eigenvalue weighted by Gasteiger charge is 2.35. The normalized spacial score (nSPS) is 11.2. The summed E-state index contributed by atoms with van der Waals surface area (Å²) in [7, 11) is 1.50. The van der Waals surface area contributed by atoms with Gasteiger partial charge in [-0.05, 0) is 31.2 Å². The average Bonchev–Trinajstić information content (AvgIpc) is 2.52. The Hall–Kier alpha value is -2.50. The molecule has 0 aliphatic rings. The van der Waals surface area contributed by atoms with Crippen molar-refractivity contribution < 1.29 is 27.4 Å². The molecule has 0 amide bonds. The van der Waals surface area contributed by atoms with E-state index >= 15 is 0 Å². The zero-order valence-electron chi connectivity index (χ0n) is 12.6. The number of ether oxygens (including phenoxy) is 2. The van der Waals surface area contributed by atoms with Crippen LogP contribution in [0.4, 0.5) is 13.2 Å². The number of hydrogen-bond donors (Lipinski definition) is 0. The van der Waals surface area contributed by atoms with Crippen molar-refractivity contribution in [3.8, 4) is 11.5 Å². The quantitative estimate of drug-likeness (QED) is 0.760. The first-order chi connectivity index (χ1) is 10.8. The first kappa shape index (κ1) is 16.9. The van der Waals surface area contributed by atoms with E-state index < -0.39 is 17.5 Å². The topological polar surface area (TPSA) is 35.5 Å². The van der Waals surface area contributed by atoms with Crippen molar-refractivity contribution in [2.24, 2.45) is 0 Å². The zero-order valence-corrected chi connectivity index (χ0v) is 12.6. The van der Waals surface area contributed by atoms with Gasteiger partial charge in [0, 0.05) is 11.1 Å². The predicted molar refractivity (Wildman–Crippen MR) is 78.8 cm³/mol. The number of ketones is 1.